The highest BCUT2D eigenvalue weighted by Gasteiger charge is 2.30. The molecule has 122 valence electrons. The maximum Gasteiger partial charge on any atom is 0.324 e. The molecule has 2 rings (SSSR count). The van der Waals surface area contributed by atoms with Gasteiger partial charge in [-0.25, -0.2) is 8.42 Å². The predicted molar refractivity (Wildman–Crippen MR) is 90.1 cm³/mol. The molecule has 0 spiro atoms. The molecule has 0 saturated heterocycles. The highest BCUT2D eigenvalue weighted by molar-refractivity contribution is 7.92. The molecule has 0 heterocycles. The number of aliphatic carboxylic acids is 1. The number of hydrogen-bond acceptors (Lipinski definition) is 3. The number of nitrogens with zero attached hydrogens (tertiary/aromatic N) is 1. The van der Waals surface area contributed by atoms with Gasteiger partial charge < -0.3 is 5.11 Å². The van der Waals surface area contributed by atoms with Gasteiger partial charge in [-0.2, -0.15) is 0 Å². The van der Waals surface area contributed by atoms with Gasteiger partial charge in [-0.3, -0.25) is 9.10 Å². The van der Waals surface area contributed by atoms with E-state index in [2.05, 4.69) is 0 Å². The quantitative estimate of drug-likeness (QED) is 0.834. The molecule has 0 atom stereocenters. The Morgan fingerprint density at radius 2 is 1.52 bits per heavy atom. The Hall–Kier alpha value is -1.47. The van der Waals surface area contributed by atoms with E-state index in [4.69, 9.17) is 39.9 Å². The van der Waals surface area contributed by atoms with Crippen LogP contribution in [0.1, 0.15) is 0 Å². The molecular weight excluding hydrogens is 385 g/mol. The molecule has 0 saturated carbocycles. The van der Waals surface area contributed by atoms with Crippen LogP contribution in [0, 0.1) is 0 Å². The average molecular weight is 395 g/mol. The third-order valence-electron chi connectivity index (χ3n) is 2.87. The number of hydrogen-bond donors (Lipinski definition) is 1. The monoisotopic (exact) mass is 393 g/mol. The van der Waals surface area contributed by atoms with E-state index >= 15 is 0 Å². The molecule has 0 unspecified atom stereocenters. The number of sulfonamides is 1. The normalized spacial score (nSPS) is 11.3. The van der Waals surface area contributed by atoms with Crippen LogP contribution in [0.2, 0.25) is 15.1 Å². The van der Waals surface area contributed by atoms with Crippen molar-refractivity contribution < 1.29 is 18.3 Å². The fourth-order valence-electron chi connectivity index (χ4n) is 1.87. The third-order valence-corrected chi connectivity index (χ3v) is 5.49. The summed E-state index contributed by atoms with van der Waals surface area (Å²) in [6.45, 7) is -0.825. The van der Waals surface area contributed by atoms with E-state index in [1.165, 1.54) is 42.5 Å². The Balaban J connectivity index is 2.63. The van der Waals surface area contributed by atoms with Gasteiger partial charge in [0.2, 0.25) is 0 Å². The molecule has 2 aromatic rings. The summed E-state index contributed by atoms with van der Waals surface area (Å²) in [6, 6.07) is 9.71. The SMILES string of the molecule is O=C(O)CN(c1c(Cl)cccc1Cl)S(=O)(=O)c1ccc(Cl)cc1. The van der Waals surface area contributed by atoms with Crippen molar-refractivity contribution in [2.75, 3.05) is 10.8 Å². The van der Waals surface area contributed by atoms with Gasteiger partial charge in [-0.1, -0.05) is 40.9 Å². The van der Waals surface area contributed by atoms with Gasteiger partial charge in [0.1, 0.15) is 6.54 Å². The second-order valence-electron chi connectivity index (χ2n) is 4.43. The van der Waals surface area contributed by atoms with Crippen molar-refractivity contribution >= 4 is 56.5 Å². The van der Waals surface area contributed by atoms with Gasteiger partial charge in [-0.05, 0) is 36.4 Å². The number of halogens is 3. The van der Waals surface area contributed by atoms with Crippen LogP contribution in [0.4, 0.5) is 5.69 Å². The van der Waals surface area contributed by atoms with E-state index in [9.17, 15) is 13.2 Å². The summed E-state index contributed by atoms with van der Waals surface area (Å²) < 4.78 is 26.2. The van der Waals surface area contributed by atoms with E-state index in [0.29, 0.717) is 9.33 Å². The van der Waals surface area contributed by atoms with E-state index in [1.807, 2.05) is 0 Å². The minimum Gasteiger partial charge on any atom is -0.480 e. The number of carboxylic acid groups (broad SMARTS) is 1. The van der Waals surface area contributed by atoms with E-state index in [1.54, 1.807) is 0 Å². The molecule has 5 nitrogen and oxygen atoms in total. The highest BCUT2D eigenvalue weighted by atomic mass is 35.5. The lowest BCUT2D eigenvalue weighted by Gasteiger charge is -2.24. The second-order valence-corrected chi connectivity index (χ2v) is 7.54. The van der Waals surface area contributed by atoms with Crippen LogP contribution < -0.4 is 4.31 Å². The predicted octanol–water partition coefficient (Wildman–Crippen LogP) is 3.93. The number of anilines is 1. The summed E-state index contributed by atoms with van der Waals surface area (Å²) in [5, 5.41) is 9.47. The number of para-hydroxylation sites is 1. The lowest BCUT2D eigenvalue weighted by atomic mass is 10.3. The van der Waals surface area contributed by atoms with E-state index in [-0.39, 0.29) is 20.6 Å². The van der Waals surface area contributed by atoms with Crippen molar-refractivity contribution in [2.24, 2.45) is 0 Å². The Kier molecular flexibility index (Phi) is 5.41. The summed E-state index contributed by atoms with van der Waals surface area (Å²) in [4.78, 5) is 11.0. The maximum absolute atomic E-state index is 12.8. The average Bonchev–Trinajstić information content (AvgIpc) is 2.46. The lowest BCUT2D eigenvalue weighted by molar-refractivity contribution is -0.135. The number of benzene rings is 2. The van der Waals surface area contributed by atoms with E-state index in [0.717, 1.165) is 0 Å². The summed E-state index contributed by atoms with van der Waals surface area (Å²) in [7, 11) is -4.19. The van der Waals surface area contributed by atoms with Crippen LogP contribution in [-0.4, -0.2) is 26.0 Å². The van der Waals surface area contributed by atoms with Crippen molar-refractivity contribution in [3.63, 3.8) is 0 Å². The lowest BCUT2D eigenvalue weighted by Crippen LogP contribution is -2.36. The van der Waals surface area contributed by atoms with Gasteiger partial charge in [-0.15, -0.1) is 0 Å². The summed E-state index contributed by atoms with van der Waals surface area (Å²) in [6.07, 6.45) is 0. The molecule has 23 heavy (non-hydrogen) atoms. The second kappa shape index (κ2) is 6.97. The first-order chi connectivity index (χ1) is 10.7. The van der Waals surface area contributed by atoms with Crippen molar-refractivity contribution in [2.45, 2.75) is 4.90 Å². The van der Waals surface area contributed by atoms with Gasteiger partial charge in [0.15, 0.2) is 0 Å². The minimum absolute atomic E-state index is 0.0243. The molecule has 0 aromatic heterocycles. The molecule has 0 amide bonds. The first kappa shape index (κ1) is 17.9. The molecule has 2 aromatic carbocycles. The van der Waals surface area contributed by atoms with Crippen LogP contribution in [0.5, 0.6) is 0 Å². The maximum atomic E-state index is 12.8. The molecule has 1 N–H and O–H groups in total. The van der Waals surface area contributed by atoms with Gasteiger partial charge in [0.25, 0.3) is 10.0 Å². The molecule has 9 heteroatoms. The number of carboxylic acids is 1. The standard InChI is InChI=1S/C14H10Cl3NO4S/c15-9-4-6-10(7-5-9)23(21,22)18(8-13(19)20)14-11(16)2-1-3-12(14)17/h1-7H,8H2,(H,19,20). The molecule has 0 radical (unpaired) electrons. The molecule has 0 aliphatic carbocycles. The van der Waals surface area contributed by atoms with Gasteiger partial charge in [0, 0.05) is 5.02 Å². The fraction of sp³-hybridized carbons (Fsp3) is 0.0714. The number of carbonyl (C=O) groups is 1. The van der Waals surface area contributed by atoms with Crippen molar-refractivity contribution in [1.29, 1.82) is 0 Å². The van der Waals surface area contributed by atoms with Gasteiger partial charge in [0.05, 0.1) is 20.6 Å². The molecule has 0 aliphatic rings. The molecular formula is C14H10Cl3NO4S. The van der Waals surface area contributed by atoms with E-state index < -0.39 is 22.5 Å². The zero-order chi connectivity index (χ0) is 17.2. The molecule has 0 bridgehead atoms. The van der Waals surface area contributed by atoms with Crippen molar-refractivity contribution in [1.82, 2.24) is 0 Å². The highest BCUT2D eigenvalue weighted by Crippen LogP contribution is 2.36. The largest absolute Gasteiger partial charge is 0.480 e. The zero-order valence-corrected chi connectivity index (χ0v) is 14.5. The van der Waals surface area contributed by atoms with Crippen LogP contribution in [0.25, 0.3) is 0 Å². The number of rotatable bonds is 5. The Bertz CT molecular complexity index is 817. The van der Waals surface area contributed by atoms with Crippen LogP contribution in [0.3, 0.4) is 0 Å². The first-order valence-corrected chi connectivity index (χ1v) is 8.75. The van der Waals surface area contributed by atoms with Crippen molar-refractivity contribution in [3.05, 3.63) is 57.5 Å². The van der Waals surface area contributed by atoms with Crippen LogP contribution in [-0.2, 0) is 14.8 Å². The van der Waals surface area contributed by atoms with Gasteiger partial charge >= 0.3 is 5.97 Å². The Morgan fingerprint density at radius 3 is 2.00 bits per heavy atom. The summed E-state index contributed by atoms with van der Waals surface area (Å²) in [5.41, 5.74) is -0.0896. The first-order valence-electron chi connectivity index (χ1n) is 6.17. The molecule has 0 aliphatic heterocycles. The zero-order valence-electron chi connectivity index (χ0n) is 11.4. The fourth-order valence-corrected chi connectivity index (χ4v) is 4.15. The minimum atomic E-state index is -4.19. The Morgan fingerprint density at radius 1 is 1.00 bits per heavy atom. The topological polar surface area (TPSA) is 74.7 Å². The van der Waals surface area contributed by atoms with Crippen molar-refractivity contribution in [3.8, 4) is 0 Å². The Labute approximate surface area is 148 Å². The summed E-state index contributed by atoms with van der Waals surface area (Å²) >= 11 is 17.8. The molecule has 0 fully saturated rings. The third kappa shape index (κ3) is 3.90. The summed E-state index contributed by atoms with van der Waals surface area (Å²) in [5.74, 6) is -1.35. The van der Waals surface area contributed by atoms with Crippen LogP contribution in [0.15, 0.2) is 47.4 Å². The smallest absolute Gasteiger partial charge is 0.324 e. The van der Waals surface area contributed by atoms with Crippen LogP contribution >= 0.6 is 34.8 Å².